The van der Waals surface area contributed by atoms with Gasteiger partial charge in [-0.1, -0.05) is 11.6 Å². The summed E-state index contributed by atoms with van der Waals surface area (Å²) in [6.07, 6.45) is 0. The van der Waals surface area contributed by atoms with Crippen molar-refractivity contribution in [1.82, 2.24) is 9.97 Å². The van der Waals surface area contributed by atoms with Crippen LogP contribution in [0.15, 0.2) is 18.2 Å². The molecule has 0 aliphatic carbocycles. The minimum Gasteiger partial charge on any atom is -0.496 e. The minimum absolute atomic E-state index is 0.637. The summed E-state index contributed by atoms with van der Waals surface area (Å²) in [6.45, 7) is 3.87. The lowest BCUT2D eigenvalue weighted by Crippen LogP contribution is -2.03. The van der Waals surface area contributed by atoms with Gasteiger partial charge in [0.2, 0.25) is 0 Å². The smallest absolute Gasteiger partial charge is 0.152 e. The average molecular weight is 278 g/mol. The monoisotopic (exact) mass is 277 g/mol. The van der Waals surface area contributed by atoms with Gasteiger partial charge < -0.3 is 10.1 Å². The molecule has 4 nitrogen and oxygen atoms in total. The molecule has 0 aliphatic rings. The number of rotatable bonds is 3. The van der Waals surface area contributed by atoms with E-state index in [0.29, 0.717) is 10.8 Å². The second kappa shape index (κ2) is 5.45. The van der Waals surface area contributed by atoms with Crippen molar-refractivity contribution >= 4 is 17.4 Å². The van der Waals surface area contributed by atoms with Crippen molar-refractivity contribution in [2.45, 2.75) is 13.8 Å². The van der Waals surface area contributed by atoms with Gasteiger partial charge in [-0.2, -0.15) is 0 Å². The van der Waals surface area contributed by atoms with Gasteiger partial charge in [-0.05, 0) is 32.0 Å². The number of ether oxygens (including phenoxy) is 1. The van der Waals surface area contributed by atoms with Crippen LogP contribution >= 0.6 is 11.6 Å². The van der Waals surface area contributed by atoms with Crippen LogP contribution in [0.1, 0.15) is 11.4 Å². The summed E-state index contributed by atoms with van der Waals surface area (Å²) in [7, 11) is 3.44. The molecule has 0 saturated carbocycles. The summed E-state index contributed by atoms with van der Waals surface area (Å²) in [4.78, 5) is 9.10. The molecule has 0 unspecified atom stereocenters. The SMILES string of the molecule is CNc1nc(C)c(C)nc1-c1cc(Cl)ccc1OC. The number of nitrogens with zero attached hydrogens (tertiary/aromatic N) is 2. The van der Waals surface area contributed by atoms with Crippen molar-refractivity contribution in [3.05, 3.63) is 34.6 Å². The van der Waals surface area contributed by atoms with Gasteiger partial charge in [0, 0.05) is 17.6 Å². The Bertz CT molecular complexity index is 614. The molecule has 1 N–H and O–H groups in total. The summed E-state index contributed by atoms with van der Waals surface area (Å²) in [5.74, 6) is 1.43. The lowest BCUT2D eigenvalue weighted by atomic mass is 10.1. The first kappa shape index (κ1) is 13.6. The topological polar surface area (TPSA) is 47.0 Å². The third-order valence-electron chi connectivity index (χ3n) is 2.96. The zero-order chi connectivity index (χ0) is 14.0. The summed E-state index contributed by atoms with van der Waals surface area (Å²) in [5.41, 5.74) is 3.35. The Kier molecular flexibility index (Phi) is 3.90. The number of nitrogens with one attached hydrogen (secondary N) is 1. The molecule has 0 radical (unpaired) electrons. The van der Waals surface area contributed by atoms with Crippen LogP contribution in [-0.4, -0.2) is 24.1 Å². The Morgan fingerprint density at radius 2 is 1.84 bits per heavy atom. The van der Waals surface area contributed by atoms with E-state index < -0.39 is 0 Å². The number of hydrogen-bond donors (Lipinski definition) is 1. The maximum atomic E-state index is 6.07. The van der Waals surface area contributed by atoms with Crippen molar-refractivity contribution in [3.8, 4) is 17.0 Å². The molecule has 0 bridgehead atoms. The molecule has 1 aromatic carbocycles. The fraction of sp³-hybridized carbons (Fsp3) is 0.286. The van der Waals surface area contributed by atoms with Gasteiger partial charge in [0.15, 0.2) is 5.82 Å². The maximum absolute atomic E-state index is 6.07. The van der Waals surface area contributed by atoms with Crippen molar-refractivity contribution in [3.63, 3.8) is 0 Å². The molecule has 0 saturated heterocycles. The summed E-state index contributed by atoms with van der Waals surface area (Å²) in [6, 6.07) is 5.45. The van der Waals surface area contributed by atoms with Gasteiger partial charge in [0.25, 0.3) is 0 Å². The highest BCUT2D eigenvalue weighted by Crippen LogP contribution is 2.35. The molecule has 1 aromatic heterocycles. The van der Waals surface area contributed by atoms with E-state index in [9.17, 15) is 0 Å². The number of halogens is 1. The summed E-state index contributed by atoms with van der Waals surface area (Å²) < 4.78 is 5.37. The Balaban J connectivity index is 2.70. The molecule has 0 amide bonds. The quantitative estimate of drug-likeness (QED) is 0.933. The number of hydrogen-bond acceptors (Lipinski definition) is 4. The highest BCUT2D eigenvalue weighted by Gasteiger charge is 2.15. The van der Waals surface area contributed by atoms with Gasteiger partial charge in [-0.25, -0.2) is 9.97 Å². The number of methoxy groups -OCH3 is 1. The molecule has 0 spiro atoms. The predicted octanol–water partition coefficient (Wildman–Crippen LogP) is 3.46. The number of anilines is 1. The van der Waals surface area contributed by atoms with E-state index in [1.165, 1.54) is 0 Å². The molecule has 100 valence electrons. The van der Waals surface area contributed by atoms with E-state index in [1.807, 2.05) is 33.0 Å². The van der Waals surface area contributed by atoms with Gasteiger partial charge in [-0.15, -0.1) is 0 Å². The fourth-order valence-electron chi connectivity index (χ4n) is 1.83. The van der Waals surface area contributed by atoms with Crippen LogP contribution in [0.4, 0.5) is 5.82 Å². The van der Waals surface area contributed by atoms with E-state index in [4.69, 9.17) is 16.3 Å². The first-order valence-electron chi connectivity index (χ1n) is 5.93. The third kappa shape index (κ3) is 2.63. The van der Waals surface area contributed by atoms with Gasteiger partial charge in [-0.3, -0.25) is 0 Å². The zero-order valence-corrected chi connectivity index (χ0v) is 12.2. The number of aryl methyl sites for hydroxylation is 2. The second-order valence-corrected chi connectivity index (χ2v) is 4.62. The maximum Gasteiger partial charge on any atom is 0.152 e. The summed E-state index contributed by atoms with van der Waals surface area (Å²) in [5, 5.41) is 3.70. The Labute approximate surface area is 117 Å². The van der Waals surface area contributed by atoms with Crippen LogP contribution in [0.5, 0.6) is 5.75 Å². The Morgan fingerprint density at radius 1 is 1.16 bits per heavy atom. The predicted molar refractivity (Wildman–Crippen MR) is 78.1 cm³/mol. The lowest BCUT2D eigenvalue weighted by Gasteiger charge is -2.13. The average Bonchev–Trinajstić information content (AvgIpc) is 2.41. The number of aromatic nitrogens is 2. The van der Waals surface area contributed by atoms with Gasteiger partial charge in [0.05, 0.1) is 18.5 Å². The van der Waals surface area contributed by atoms with E-state index >= 15 is 0 Å². The van der Waals surface area contributed by atoms with E-state index in [-0.39, 0.29) is 0 Å². The van der Waals surface area contributed by atoms with E-state index in [0.717, 1.165) is 28.4 Å². The minimum atomic E-state index is 0.637. The molecule has 5 heteroatoms. The van der Waals surface area contributed by atoms with Crippen molar-refractivity contribution < 1.29 is 4.74 Å². The van der Waals surface area contributed by atoms with E-state index in [1.54, 1.807) is 13.2 Å². The van der Waals surface area contributed by atoms with Crippen molar-refractivity contribution in [1.29, 1.82) is 0 Å². The van der Waals surface area contributed by atoms with E-state index in [2.05, 4.69) is 15.3 Å². The molecule has 2 rings (SSSR count). The second-order valence-electron chi connectivity index (χ2n) is 4.19. The van der Waals surface area contributed by atoms with Gasteiger partial charge in [0.1, 0.15) is 11.4 Å². The van der Waals surface area contributed by atoms with Gasteiger partial charge >= 0.3 is 0 Å². The van der Waals surface area contributed by atoms with Crippen molar-refractivity contribution in [2.24, 2.45) is 0 Å². The molecular weight excluding hydrogens is 262 g/mol. The molecule has 0 atom stereocenters. The van der Waals surface area contributed by atoms with Crippen LogP contribution in [0.25, 0.3) is 11.3 Å². The normalized spacial score (nSPS) is 10.4. The fourth-order valence-corrected chi connectivity index (χ4v) is 2.00. The third-order valence-corrected chi connectivity index (χ3v) is 3.20. The largest absolute Gasteiger partial charge is 0.496 e. The highest BCUT2D eigenvalue weighted by atomic mass is 35.5. The number of benzene rings is 1. The Morgan fingerprint density at radius 3 is 2.47 bits per heavy atom. The van der Waals surface area contributed by atoms with Crippen molar-refractivity contribution in [2.75, 3.05) is 19.5 Å². The molecule has 0 fully saturated rings. The van der Waals surface area contributed by atoms with Crippen LogP contribution < -0.4 is 10.1 Å². The Hall–Kier alpha value is -1.81. The summed E-state index contributed by atoms with van der Waals surface area (Å²) >= 11 is 6.07. The molecule has 1 heterocycles. The first-order valence-corrected chi connectivity index (χ1v) is 6.31. The molecule has 2 aromatic rings. The standard InChI is InChI=1S/C14H16ClN3O/c1-8-9(2)18-14(16-3)13(17-8)11-7-10(15)5-6-12(11)19-4/h5-7H,1-4H3,(H,16,18). The molecule has 0 aliphatic heterocycles. The first-order chi connectivity index (χ1) is 9.06. The van der Waals surface area contributed by atoms with Crippen LogP contribution in [-0.2, 0) is 0 Å². The van der Waals surface area contributed by atoms with Crippen LogP contribution in [0.2, 0.25) is 5.02 Å². The highest BCUT2D eigenvalue weighted by molar-refractivity contribution is 6.31. The molecular formula is C14H16ClN3O. The van der Waals surface area contributed by atoms with Crippen LogP contribution in [0, 0.1) is 13.8 Å². The molecule has 19 heavy (non-hydrogen) atoms. The van der Waals surface area contributed by atoms with Crippen LogP contribution in [0.3, 0.4) is 0 Å². The zero-order valence-electron chi connectivity index (χ0n) is 11.4. The lowest BCUT2D eigenvalue weighted by molar-refractivity contribution is 0.416.